The van der Waals surface area contributed by atoms with Crippen LogP contribution in [0.5, 0.6) is 5.75 Å². The van der Waals surface area contributed by atoms with E-state index in [0.717, 1.165) is 18.4 Å². The number of nitrogens with one attached hydrogen (secondary N) is 2. The van der Waals surface area contributed by atoms with Gasteiger partial charge in [-0.2, -0.15) is 17.4 Å². The monoisotopic (exact) mass is 487 g/mol. The van der Waals surface area contributed by atoms with Crippen molar-refractivity contribution in [3.63, 3.8) is 0 Å². The first-order valence-corrected chi connectivity index (χ1v) is 13.2. The maximum absolute atomic E-state index is 13.0. The maximum Gasteiger partial charge on any atom is 0.279 e. The van der Waals surface area contributed by atoms with Crippen molar-refractivity contribution in [2.75, 3.05) is 26.7 Å². The van der Waals surface area contributed by atoms with Crippen LogP contribution >= 0.6 is 0 Å². The molecule has 1 atom stereocenters. The molecule has 4 rings (SSSR count). The summed E-state index contributed by atoms with van der Waals surface area (Å²) in [6.45, 7) is 0.933. The van der Waals surface area contributed by atoms with Gasteiger partial charge in [0.1, 0.15) is 5.75 Å². The molecule has 9 heteroatoms. The number of amides is 1. The van der Waals surface area contributed by atoms with Gasteiger partial charge < -0.3 is 15.2 Å². The van der Waals surface area contributed by atoms with Gasteiger partial charge in [-0.05, 0) is 49.8 Å². The number of ether oxygens (including phenoxy) is 1. The molecule has 0 radical (unpaired) electrons. The highest BCUT2D eigenvalue weighted by Gasteiger charge is 2.39. The fourth-order valence-electron chi connectivity index (χ4n) is 5.04. The summed E-state index contributed by atoms with van der Waals surface area (Å²) in [6.07, 6.45) is 2.66. The first-order valence-electron chi connectivity index (χ1n) is 11.8. The summed E-state index contributed by atoms with van der Waals surface area (Å²) < 4.78 is 35.0. The van der Waals surface area contributed by atoms with Gasteiger partial charge in [0.25, 0.3) is 16.1 Å². The molecular weight excluding hydrogens is 454 g/mol. The highest BCUT2D eigenvalue weighted by molar-refractivity contribution is 7.87. The van der Waals surface area contributed by atoms with Gasteiger partial charge in [0.05, 0.1) is 18.8 Å². The molecule has 3 N–H and O–H groups in total. The Hall–Kier alpha value is -2.46. The molecule has 1 heterocycles. The van der Waals surface area contributed by atoms with Crippen molar-refractivity contribution < 1.29 is 23.1 Å². The highest BCUT2D eigenvalue weighted by atomic mass is 32.2. The van der Waals surface area contributed by atoms with Gasteiger partial charge in [-0.3, -0.25) is 4.79 Å². The van der Waals surface area contributed by atoms with Crippen LogP contribution in [0.25, 0.3) is 0 Å². The number of benzene rings is 2. The van der Waals surface area contributed by atoms with Crippen molar-refractivity contribution in [1.29, 1.82) is 0 Å². The Labute approximate surface area is 201 Å². The van der Waals surface area contributed by atoms with E-state index in [-0.39, 0.29) is 23.9 Å². The first kappa shape index (κ1) is 24.7. The Kier molecular flexibility index (Phi) is 7.57. The minimum absolute atomic E-state index is 0.144. The van der Waals surface area contributed by atoms with E-state index in [2.05, 4.69) is 22.2 Å². The molecule has 2 aromatic carbocycles. The van der Waals surface area contributed by atoms with Crippen molar-refractivity contribution in [3.05, 3.63) is 65.7 Å². The van der Waals surface area contributed by atoms with Crippen LogP contribution < -0.4 is 14.8 Å². The summed E-state index contributed by atoms with van der Waals surface area (Å²) in [5.41, 5.74) is 1.34. The van der Waals surface area contributed by atoms with Crippen LogP contribution in [0.15, 0.2) is 54.6 Å². The highest BCUT2D eigenvalue weighted by Crippen LogP contribution is 2.39. The third kappa shape index (κ3) is 5.43. The van der Waals surface area contributed by atoms with Crippen molar-refractivity contribution in [2.24, 2.45) is 0 Å². The summed E-state index contributed by atoms with van der Waals surface area (Å²) in [6, 6.07) is 17.1. The predicted octanol–water partition coefficient (Wildman–Crippen LogP) is 2.21. The molecule has 1 saturated carbocycles. The molecule has 1 aliphatic carbocycles. The van der Waals surface area contributed by atoms with Gasteiger partial charge in [0.15, 0.2) is 0 Å². The minimum Gasteiger partial charge on any atom is -0.496 e. The maximum atomic E-state index is 13.0. The van der Waals surface area contributed by atoms with E-state index in [4.69, 9.17) is 4.74 Å². The topological polar surface area (TPSA) is 108 Å². The zero-order valence-corrected chi connectivity index (χ0v) is 20.3. The molecule has 2 aliphatic rings. The molecule has 2 aromatic rings. The fraction of sp³-hybridized carbons (Fsp3) is 0.480. The lowest BCUT2D eigenvalue weighted by atomic mass is 9.68. The van der Waals surface area contributed by atoms with Crippen LogP contribution in [0, 0.1) is 0 Å². The molecule has 0 bridgehead atoms. The first-order chi connectivity index (χ1) is 16.3. The number of aliphatic hydroxyl groups is 1. The summed E-state index contributed by atoms with van der Waals surface area (Å²) in [7, 11) is -2.08. The van der Waals surface area contributed by atoms with Crippen LogP contribution in [0.1, 0.15) is 48.0 Å². The number of hydrogen-bond acceptors (Lipinski definition) is 5. The lowest BCUT2D eigenvalue weighted by Crippen LogP contribution is -2.50. The number of carbonyl (C=O) groups excluding carboxylic acids is 1. The van der Waals surface area contributed by atoms with Crippen LogP contribution in [-0.4, -0.2) is 62.6 Å². The normalized spacial score (nSPS) is 25.7. The molecule has 0 unspecified atom stereocenters. The van der Waals surface area contributed by atoms with Crippen molar-refractivity contribution >= 4 is 16.1 Å². The van der Waals surface area contributed by atoms with Crippen LogP contribution in [0.3, 0.4) is 0 Å². The van der Waals surface area contributed by atoms with E-state index in [1.165, 1.54) is 4.31 Å². The molecule has 1 saturated heterocycles. The summed E-state index contributed by atoms with van der Waals surface area (Å²) in [5.74, 6) is 0.335. The Morgan fingerprint density at radius 1 is 1.09 bits per heavy atom. The Balaban J connectivity index is 1.45. The Morgan fingerprint density at radius 2 is 1.76 bits per heavy atom. The lowest BCUT2D eigenvalue weighted by molar-refractivity contribution is 0.0932. The van der Waals surface area contributed by atoms with Gasteiger partial charge in [-0.25, -0.2) is 0 Å². The Bertz CT molecular complexity index is 1080. The van der Waals surface area contributed by atoms with Gasteiger partial charge in [0, 0.05) is 31.1 Å². The molecule has 1 aliphatic heterocycles. The molecule has 0 aromatic heterocycles. The second-order valence-electron chi connectivity index (χ2n) is 9.23. The molecular formula is C25H33N3O5S. The number of methoxy groups -OCH3 is 1. The number of nitrogens with zero attached hydrogens (tertiary/aromatic N) is 1. The second kappa shape index (κ2) is 10.4. The smallest absolute Gasteiger partial charge is 0.279 e. The van der Waals surface area contributed by atoms with E-state index >= 15 is 0 Å². The van der Waals surface area contributed by atoms with Crippen LogP contribution in [0.4, 0.5) is 0 Å². The lowest BCUT2D eigenvalue weighted by Gasteiger charge is -2.41. The van der Waals surface area contributed by atoms with Crippen molar-refractivity contribution in [2.45, 2.75) is 49.7 Å². The standard InChI is InChI=1S/C25H33N3O5S/c1-33-23-10-6-5-9-22(23)24(30)26-18-25(19-7-3-2-4-8-19)14-11-20(12-15-25)27-34(31,32)28-16-13-21(29)17-28/h2-10,20-21,27,29H,11-18H2,1H3,(H,26,30)/t20-,21-,25-/m1/s1. The minimum atomic E-state index is -3.62. The Morgan fingerprint density at radius 3 is 2.41 bits per heavy atom. The number of hydrogen-bond donors (Lipinski definition) is 3. The number of para-hydroxylation sites is 1. The summed E-state index contributed by atoms with van der Waals surface area (Å²) in [5, 5.41) is 12.8. The molecule has 184 valence electrons. The largest absolute Gasteiger partial charge is 0.496 e. The van der Waals surface area contributed by atoms with Crippen molar-refractivity contribution in [3.8, 4) is 5.75 Å². The molecule has 2 fully saturated rings. The summed E-state index contributed by atoms with van der Waals surface area (Å²) >= 11 is 0. The van der Waals surface area contributed by atoms with E-state index in [1.54, 1.807) is 25.3 Å². The van der Waals surface area contributed by atoms with E-state index < -0.39 is 16.3 Å². The van der Waals surface area contributed by atoms with Crippen molar-refractivity contribution in [1.82, 2.24) is 14.3 Å². The average Bonchev–Trinajstić information content (AvgIpc) is 3.31. The quantitative estimate of drug-likeness (QED) is 0.529. The van der Waals surface area contributed by atoms with Crippen LogP contribution in [0.2, 0.25) is 0 Å². The number of β-amino-alcohol motifs (C(OH)–C–C–N with tert-alkyl or cyclic N) is 1. The van der Waals surface area contributed by atoms with Gasteiger partial charge in [-0.15, -0.1) is 0 Å². The van der Waals surface area contributed by atoms with Gasteiger partial charge >= 0.3 is 0 Å². The summed E-state index contributed by atoms with van der Waals surface area (Å²) in [4.78, 5) is 13.0. The number of carbonyl (C=O) groups is 1. The van der Waals surface area contributed by atoms with E-state index in [1.807, 2.05) is 24.3 Å². The van der Waals surface area contributed by atoms with Crippen LogP contribution in [-0.2, 0) is 15.6 Å². The van der Waals surface area contributed by atoms with Gasteiger partial charge in [0.2, 0.25) is 0 Å². The van der Waals surface area contributed by atoms with E-state index in [9.17, 15) is 18.3 Å². The average molecular weight is 488 g/mol. The number of rotatable bonds is 8. The predicted molar refractivity (Wildman–Crippen MR) is 130 cm³/mol. The third-order valence-corrected chi connectivity index (χ3v) is 8.69. The third-order valence-electron chi connectivity index (χ3n) is 7.05. The SMILES string of the molecule is COc1ccccc1C(=O)NC[C@]1(c2ccccc2)CC[C@H](NS(=O)(=O)N2CC[C@@H](O)C2)CC1. The number of aliphatic hydroxyl groups excluding tert-OH is 1. The fourth-order valence-corrected chi connectivity index (χ4v) is 6.56. The molecule has 8 nitrogen and oxygen atoms in total. The zero-order valence-electron chi connectivity index (χ0n) is 19.4. The molecule has 1 amide bonds. The second-order valence-corrected chi connectivity index (χ2v) is 10.9. The molecule has 0 spiro atoms. The zero-order chi connectivity index (χ0) is 24.2. The van der Waals surface area contributed by atoms with Gasteiger partial charge in [-0.1, -0.05) is 42.5 Å². The van der Waals surface area contributed by atoms with E-state index in [0.29, 0.717) is 43.7 Å². The molecule has 34 heavy (non-hydrogen) atoms.